The summed E-state index contributed by atoms with van der Waals surface area (Å²) in [6, 6.07) is 15.4. The lowest BCUT2D eigenvalue weighted by atomic mass is 9.87. The van der Waals surface area contributed by atoms with Crippen LogP contribution in [0.4, 0.5) is 11.4 Å². The number of hydrogen-bond acceptors (Lipinski definition) is 6. The number of nitrogens with zero attached hydrogens (tertiary/aromatic N) is 2. The average Bonchev–Trinajstić information content (AvgIpc) is 2.79. The summed E-state index contributed by atoms with van der Waals surface area (Å²) < 4.78 is 2.24. The first-order valence-electron chi connectivity index (χ1n) is 10.8. The zero-order chi connectivity index (χ0) is 23.8. The van der Waals surface area contributed by atoms with Crippen LogP contribution in [0.5, 0.6) is 0 Å². The maximum atomic E-state index is 11.7. The fourth-order valence-corrected chi connectivity index (χ4v) is 4.91. The third-order valence-corrected chi connectivity index (χ3v) is 6.68. The number of nitrogens with two attached hydrogens (primary N) is 1. The maximum Gasteiger partial charge on any atom is 0.304 e. The van der Waals surface area contributed by atoms with E-state index in [1.54, 1.807) is 25.2 Å². The molecule has 8 heteroatoms. The van der Waals surface area contributed by atoms with Crippen LogP contribution in [-0.2, 0) is 11.3 Å². The molecule has 4 N–H and O–H groups in total. The highest BCUT2D eigenvalue weighted by Gasteiger charge is 2.21. The third kappa shape index (κ3) is 6.87. The van der Waals surface area contributed by atoms with Gasteiger partial charge in [-0.3, -0.25) is 9.78 Å². The van der Waals surface area contributed by atoms with E-state index in [9.17, 15) is 9.90 Å². The van der Waals surface area contributed by atoms with Crippen molar-refractivity contribution in [3.8, 4) is 0 Å². The highest BCUT2D eigenvalue weighted by molar-refractivity contribution is 7.97. The van der Waals surface area contributed by atoms with Crippen LogP contribution in [0.3, 0.4) is 0 Å². The lowest BCUT2D eigenvalue weighted by Gasteiger charge is -2.23. The minimum atomic E-state index is -0.868. The van der Waals surface area contributed by atoms with E-state index >= 15 is 0 Å². The van der Waals surface area contributed by atoms with E-state index in [2.05, 4.69) is 21.5 Å². The average molecular weight is 485 g/mol. The Morgan fingerprint density at radius 3 is 2.64 bits per heavy atom. The number of pyridine rings is 1. The Morgan fingerprint density at radius 2 is 2.00 bits per heavy atom. The predicted octanol–water partition coefficient (Wildman–Crippen LogP) is 5.88. The highest BCUT2D eigenvalue weighted by Crippen LogP contribution is 2.34. The van der Waals surface area contributed by atoms with Crippen molar-refractivity contribution in [1.29, 1.82) is 0 Å². The molecular weight excluding hydrogens is 456 g/mol. The van der Waals surface area contributed by atoms with E-state index in [0.29, 0.717) is 17.3 Å². The van der Waals surface area contributed by atoms with Gasteiger partial charge in [0.15, 0.2) is 0 Å². The van der Waals surface area contributed by atoms with Crippen LogP contribution in [0.25, 0.3) is 0 Å². The number of aromatic nitrogens is 1. The number of rotatable bonds is 11. The largest absolute Gasteiger partial charge is 0.481 e. The number of nitrogens with one attached hydrogen (secondary N) is 1. The lowest BCUT2D eigenvalue weighted by Crippen LogP contribution is -2.17. The van der Waals surface area contributed by atoms with Gasteiger partial charge in [-0.15, -0.1) is 0 Å². The number of anilines is 2. The van der Waals surface area contributed by atoms with Gasteiger partial charge in [0.05, 0.1) is 17.8 Å². The monoisotopic (exact) mass is 484 g/mol. The van der Waals surface area contributed by atoms with Crippen molar-refractivity contribution < 1.29 is 9.90 Å². The Bertz CT molecular complexity index is 1080. The molecule has 0 radical (unpaired) electrons. The summed E-state index contributed by atoms with van der Waals surface area (Å²) in [5.74, 6) is -1.20. The number of halogens is 1. The second kappa shape index (κ2) is 11.9. The molecule has 0 bridgehead atoms. The van der Waals surface area contributed by atoms with Gasteiger partial charge in [0.1, 0.15) is 0 Å². The summed E-state index contributed by atoms with van der Waals surface area (Å²) in [5.41, 5.74) is 10.3. The molecule has 1 aromatic heterocycles. The van der Waals surface area contributed by atoms with Gasteiger partial charge in [0.2, 0.25) is 0 Å². The fourth-order valence-electron chi connectivity index (χ4n) is 3.71. The minimum Gasteiger partial charge on any atom is -0.481 e. The predicted molar refractivity (Wildman–Crippen MR) is 137 cm³/mol. The normalized spacial score (nSPS) is 12.0. The van der Waals surface area contributed by atoms with Crippen LogP contribution >= 0.6 is 23.5 Å². The molecule has 3 rings (SSSR count). The number of hydrogen-bond donors (Lipinski definition) is 3. The van der Waals surface area contributed by atoms with E-state index < -0.39 is 5.97 Å². The van der Waals surface area contributed by atoms with Gasteiger partial charge in [-0.2, -0.15) is 0 Å². The van der Waals surface area contributed by atoms with Crippen LogP contribution in [0.15, 0.2) is 65.8 Å². The number of benzene rings is 2. The van der Waals surface area contributed by atoms with Gasteiger partial charge in [0.25, 0.3) is 0 Å². The van der Waals surface area contributed by atoms with Crippen molar-refractivity contribution in [2.75, 3.05) is 24.6 Å². The van der Waals surface area contributed by atoms with Crippen LogP contribution < -0.4 is 11.1 Å². The summed E-state index contributed by atoms with van der Waals surface area (Å²) in [7, 11) is 1.80. The summed E-state index contributed by atoms with van der Waals surface area (Å²) >= 11 is 8.21. The lowest BCUT2D eigenvalue weighted by molar-refractivity contribution is -0.137. The molecule has 0 aliphatic heterocycles. The van der Waals surface area contributed by atoms with Crippen molar-refractivity contribution in [3.05, 3.63) is 82.6 Å². The number of aliphatic carboxylic acids is 1. The molecule has 0 aliphatic carbocycles. The van der Waals surface area contributed by atoms with E-state index in [0.717, 1.165) is 40.2 Å². The molecule has 174 valence electrons. The van der Waals surface area contributed by atoms with Crippen LogP contribution in [-0.4, -0.2) is 34.0 Å². The smallest absolute Gasteiger partial charge is 0.304 e. The first-order chi connectivity index (χ1) is 15.9. The molecule has 0 saturated heterocycles. The van der Waals surface area contributed by atoms with Gasteiger partial charge in [-0.25, -0.2) is 4.31 Å². The Labute approximate surface area is 204 Å². The number of carboxylic acids is 1. The Morgan fingerprint density at radius 1 is 1.24 bits per heavy atom. The summed E-state index contributed by atoms with van der Waals surface area (Å²) in [4.78, 5) is 16.9. The minimum absolute atomic E-state index is 0.0392. The van der Waals surface area contributed by atoms with Crippen molar-refractivity contribution in [1.82, 2.24) is 9.29 Å². The van der Waals surface area contributed by atoms with Crippen molar-refractivity contribution in [3.63, 3.8) is 0 Å². The molecule has 1 heterocycles. The zero-order valence-corrected chi connectivity index (χ0v) is 20.4. The third-order valence-electron chi connectivity index (χ3n) is 5.29. The van der Waals surface area contributed by atoms with Gasteiger partial charge >= 0.3 is 5.97 Å². The number of nitrogen functional groups attached to an aromatic ring is 1. The van der Waals surface area contributed by atoms with Gasteiger partial charge in [0, 0.05) is 48.4 Å². The second-order valence-electron chi connectivity index (χ2n) is 7.74. The molecular formula is C25H29ClN4O2S. The van der Waals surface area contributed by atoms with Gasteiger partial charge in [-0.1, -0.05) is 36.7 Å². The van der Waals surface area contributed by atoms with Crippen molar-refractivity contribution in [2.45, 2.75) is 37.1 Å². The molecule has 1 unspecified atom stereocenters. The molecule has 0 fully saturated rings. The quantitative estimate of drug-likeness (QED) is 0.231. The fraction of sp³-hybridized carbons (Fsp3) is 0.280. The number of carboxylic acid groups (broad SMARTS) is 1. The zero-order valence-electron chi connectivity index (χ0n) is 18.8. The summed E-state index contributed by atoms with van der Waals surface area (Å²) in [5, 5.41) is 13.3. The standard InChI is InChI=1S/C25H29ClN4O2S/c1-3-11-30(33-20-5-4-10-29-15-20)16-19-12-17(6-8-22(19)26)21(14-25(31)32)18-7-9-24(28-2)23(27)13-18/h4-10,12-13,15,21,28H,3,11,14,16,27H2,1-2H3,(H,31,32). The molecule has 0 saturated carbocycles. The van der Waals surface area contributed by atoms with Crippen molar-refractivity contribution in [2.24, 2.45) is 0 Å². The molecule has 0 aliphatic rings. The van der Waals surface area contributed by atoms with Gasteiger partial charge in [-0.05, 0) is 65.4 Å². The highest BCUT2D eigenvalue weighted by atomic mass is 35.5. The summed E-state index contributed by atoms with van der Waals surface area (Å²) in [6.45, 7) is 3.64. The molecule has 2 aromatic carbocycles. The first-order valence-corrected chi connectivity index (χ1v) is 12.0. The van der Waals surface area contributed by atoms with Crippen LogP contribution in [0.1, 0.15) is 42.4 Å². The van der Waals surface area contributed by atoms with E-state index in [-0.39, 0.29) is 12.3 Å². The topological polar surface area (TPSA) is 91.5 Å². The van der Waals surface area contributed by atoms with Crippen LogP contribution in [0.2, 0.25) is 5.02 Å². The molecule has 3 aromatic rings. The van der Waals surface area contributed by atoms with E-state index in [4.69, 9.17) is 17.3 Å². The number of carbonyl (C=O) groups is 1. The maximum absolute atomic E-state index is 11.7. The molecule has 33 heavy (non-hydrogen) atoms. The van der Waals surface area contributed by atoms with Gasteiger partial charge < -0.3 is 16.2 Å². The van der Waals surface area contributed by atoms with E-state index in [1.807, 2.05) is 54.7 Å². The Hall–Kier alpha value is -2.74. The summed E-state index contributed by atoms with van der Waals surface area (Å²) in [6.07, 6.45) is 4.55. The molecule has 0 amide bonds. The second-order valence-corrected chi connectivity index (χ2v) is 9.32. The molecule has 0 spiro atoms. The van der Waals surface area contributed by atoms with E-state index in [1.165, 1.54) is 0 Å². The molecule has 6 nitrogen and oxygen atoms in total. The van der Waals surface area contributed by atoms with Crippen molar-refractivity contribution >= 4 is 40.9 Å². The SMILES string of the molecule is CCCN(Cc1cc(C(CC(=O)O)c2ccc(NC)c(N)c2)ccc1Cl)Sc1cccnc1. The Kier molecular flexibility index (Phi) is 9.00. The first kappa shape index (κ1) is 24.9. The Balaban J connectivity index is 1.92. The van der Waals surface area contributed by atoms with Crippen LogP contribution in [0, 0.1) is 0 Å². The molecule has 1 atom stereocenters.